The van der Waals surface area contributed by atoms with Crippen LogP contribution in [0.4, 0.5) is 5.82 Å². The molecular weight excluding hydrogens is 264 g/mol. The van der Waals surface area contributed by atoms with Crippen LogP contribution in [0.25, 0.3) is 0 Å². The van der Waals surface area contributed by atoms with E-state index in [-0.39, 0.29) is 11.6 Å². The predicted octanol–water partition coefficient (Wildman–Crippen LogP) is 2.17. The summed E-state index contributed by atoms with van der Waals surface area (Å²) in [5.41, 5.74) is 9.76. The normalized spacial score (nSPS) is 19.9. The molecule has 1 aliphatic rings. The highest BCUT2D eigenvalue weighted by atomic mass is 16.5. The Kier molecular flexibility index (Phi) is 5.96. The molecule has 0 aliphatic heterocycles. The molecule has 1 aromatic heterocycles. The smallest absolute Gasteiger partial charge is 0.123 e. The van der Waals surface area contributed by atoms with Gasteiger partial charge in [0.05, 0.1) is 11.6 Å². The molecule has 5 N–H and O–H groups in total. The summed E-state index contributed by atoms with van der Waals surface area (Å²) in [5.74, 6) is 6.43. The Morgan fingerprint density at radius 3 is 2.62 bits per heavy atom. The molecule has 118 valence electrons. The van der Waals surface area contributed by atoms with Crippen LogP contribution in [0.3, 0.4) is 0 Å². The zero-order valence-electron chi connectivity index (χ0n) is 13.0. The maximum absolute atomic E-state index is 6.22. The highest BCUT2D eigenvalue weighted by Crippen LogP contribution is 2.34. The molecule has 2 rings (SSSR count). The molecule has 1 aliphatic carbocycles. The second kappa shape index (κ2) is 7.73. The van der Waals surface area contributed by atoms with Crippen LogP contribution in [-0.2, 0) is 11.2 Å². The maximum atomic E-state index is 6.22. The Bertz CT molecular complexity index is 430. The average Bonchev–Trinajstić information content (AvgIpc) is 2.72. The van der Waals surface area contributed by atoms with Gasteiger partial charge in [-0.05, 0) is 43.9 Å². The van der Waals surface area contributed by atoms with Crippen molar-refractivity contribution in [3.8, 4) is 0 Å². The molecule has 1 unspecified atom stereocenters. The Morgan fingerprint density at radius 1 is 1.33 bits per heavy atom. The molecule has 0 radical (unpaired) electrons. The first-order valence-electron chi connectivity index (χ1n) is 8.00. The molecule has 0 amide bonds. The van der Waals surface area contributed by atoms with Crippen LogP contribution in [0.15, 0.2) is 18.3 Å². The molecule has 21 heavy (non-hydrogen) atoms. The molecule has 1 atom stereocenters. The van der Waals surface area contributed by atoms with E-state index in [2.05, 4.69) is 17.3 Å². The largest absolute Gasteiger partial charge is 0.384 e. The minimum atomic E-state index is -0.169. The fourth-order valence-corrected chi connectivity index (χ4v) is 3.46. The fourth-order valence-electron chi connectivity index (χ4n) is 3.46. The number of nitrogen functional groups attached to an aromatic ring is 1. The molecule has 1 saturated carbocycles. The van der Waals surface area contributed by atoms with Crippen molar-refractivity contribution in [1.82, 2.24) is 10.4 Å². The number of hydrogen-bond acceptors (Lipinski definition) is 5. The van der Waals surface area contributed by atoms with E-state index in [4.69, 9.17) is 16.3 Å². The van der Waals surface area contributed by atoms with E-state index in [1.807, 2.05) is 12.1 Å². The van der Waals surface area contributed by atoms with Crippen LogP contribution in [0.2, 0.25) is 0 Å². The number of rotatable bonds is 6. The van der Waals surface area contributed by atoms with Gasteiger partial charge in [0.2, 0.25) is 0 Å². The van der Waals surface area contributed by atoms with Crippen LogP contribution < -0.4 is 17.0 Å². The summed E-state index contributed by atoms with van der Waals surface area (Å²) in [6.45, 7) is 2.78. The van der Waals surface area contributed by atoms with Crippen molar-refractivity contribution in [3.63, 3.8) is 0 Å². The molecule has 5 heteroatoms. The van der Waals surface area contributed by atoms with Gasteiger partial charge in [0, 0.05) is 12.8 Å². The summed E-state index contributed by atoms with van der Waals surface area (Å²) in [7, 11) is 0. The third kappa shape index (κ3) is 4.15. The Hall–Kier alpha value is -1.17. The van der Waals surface area contributed by atoms with E-state index in [0.717, 1.165) is 31.4 Å². The molecular formula is C16H28N4O. The zero-order chi connectivity index (χ0) is 15.1. The van der Waals surface area contributed by atoms with Crippen molar-refractivity contribution in [2.75, 3.05) is 12.3 Å². The van der Waals surface area contributed by atoms with Crippen LogP contribution in [-0.4, -0.2) is 23.2 Å². The second-order valence-electron chi connectivity index (χ2n) is 5.92. The van der Waals surface area contributed by atoms with Gasteiger partial charge in [0.1, 0.15) is 5.82 Å². The van der Waals surface area contributed by atoms with E-state index in [1.165, 1.54) is 25.7 Å². The summed E-state index contributed by atoms with van der Waals surface area (Å²) >= 11 is 0. The van der Waals surface area contributed by atoms with E-state index >= 15 is 0 Å². The Balaban J connectivity index is 2.18. The summed E-state index contributed by atoms with van der Waals surface area (Å²) in [6.07, 6.45) is 9.67. The van der Waals surface area contributed by atoms with Crippen molar-refractivity contribution in [2.24, 2.45) is 5.84 Å². The van der Waals surface area contributed by atoms with Gasteiger partial charge in [-0.3, -0.25) is 11.3 Å². The summed E-state index contributed by atoms with van der Waals surface area (Å²) in [6, 6.07) is 4.01. The lowest BCUT2D eigenvalue weighted by Gasteiger charge is -2.40. The monoisotopic (exact) mass is 292 g/mol. The quantitative estimate of drug-likeness (QED) is 0.425. The van der Waals surface area contributed by atoms with Gasteiger partial charge in [-0.25, -0.2) is 4.98 Å². The number of ether oxygens (including phenoxy) is 1. The summed E-state index contributed by atoms with van der Waals surface area (Å²) in [5, 5.41) is 0. The number of nitrogens with one attached hydrogen (secondary N) is 1. The number of pyridine rings is 1. The first kappa shape index (κ1) is 16.2. The maximum Gasteiger partial charge on any atom is 0.123 e. The third-order valence-electron chi connectivity index (χ3n) is 4.50. The van der Waals surface area contributed by atoms with Crippen molar-refractivity contribution in [1.29, 1.82) is 0 Å². The summed E-state index contributed by atoms with van der Waals surface area (Å²) in [4.78, 5) is 4.05. The third-order valence-corrected chi connectivity index (χ3v) is 4.50. The Labute approximate surface area is 127 Å². The standard InChI is InChI=1S/C16H28N4O/c1-2-21-16(8-5-3-4-6-9-16)14(20-18)11-13-7-10-19-15(17)12-13/h7,10,12,14,20H,2-6,8-9,11,18H2,1H3,(H2,17,19). The van der Waals surface area contributed by atoms with Crippen LogP contribution in [0, 0.1) is 0 Å². The highest BCUT2D eigenvalue weighted by Gasteiger charge is 2.39. The number of hydrazine groups is 1. The van der Waals surface area contributed by atoms with Crippen LogP contribution in [0.5, 0.6) is 0 Å². The average molecular weight is 292 g/mol. The first-order valence-corrected chi connectivity index (χ1v) is 8.00. The number of nitrogens with zero attached hydrogens (tertiary/aromatic N) is 1. The molecule has 0 aromatic carbocycles. The lowest BCUT2D eigenvalue weighted by atomic mass is 9.83. The molecule has 0 bridgehead atoms. The SMILES string of the molecule is CCOC1(C(Cc2ccnc(N)c2)NN)CCCCCC1. The van der Waals surface area contributed by atoms with Crippen LogP contribution in [0.1, 0.15) is 51.0 Å². The zero-order valence-corrected chi connectivity index (χ0v) is 13.0. The minimum absolute atomic E-state index is 0.0948. The lowest BCUT2D eigenvalue weighted by Crippen LogP contribution is -2.56. The second-order valence-corrected chi connectivity index (χ2v) is 5.92. The number of aromatic nitrogens is 1. The fraction of sp³-hybridized carbons (Fsp3) is 0.688. The molecule has 0 spiro atoms. The molecule has 0 saturated heterocycles. The van der Waals surface area contributed by atoms with E-state index in [9.17, 15) is 0 Å². The van der Waals surface area contributed by atoms with E-state index in [1.54, 1.807) is 6.20 Å². The van der Waals surface area contributed by atoms with Crippen molar-refractivity contribution in [3.05, 3.63) is 23.9 Å². The van der Waals surface area contributed by atoms with Gasteiger partial charge in [-0.15, -0.1) is 0 Å². The van der Waals surface area contributed by atoms with Crippen molar-refractivity contribution >= 4 is 5.82 Å². The Morgan fingerprint density at radius 2 is 2.05 bits per heavy atom. The summed E-state index contributed by atoms with van der Waals surface area (Å²) < 4.78 is 6.22. The number of nitrogens with two attached hydrogens (primary N) is 2. The lowest BCUT2D eigenvalue weighted by molar-refractivity contribution is -0.0768. The highest BCUT2D eigenvalue weighted by molar-refractivity contribution is 5.32. The molecule has 5 nitrogen and oxygen atoms in total. The minimum Gasteiger partial charge on any atom is -0.384 e. The molecule has 1 fully saturated rings. The van der Waals surface area contributed by atoms with Gasteiger partial charge in [0.15, 0.2) is 0 Å². The number of hydrogen-bond donors (Lipinski definition) is 3. The van der Waals surface area contributed by atoms with Gasteiger partial charge in [-0.2, -0.15) is 0 Å². The van der Waals surface area contributed by atoms with Gasteiger partial charge >= 0.3 is 0 Å². The predicted molar refractivity (Wildman–Crippen MR) is 85.5 cm³/mol. The van der Waals surface area contributed by atoms with Gasteiger partial charge in [-0.1, -0.05) is 25.7 Å². The van der Waals surface area contributed by atoms with Crippen LogP contribution >= 0.6 is 0 Å². The van der Waals surface area contributed by atoms with E-state index < -0.39 is 0 Å². The topological polar surface area (TPSA) is 86.2 Å². The number of anilines is 1. The molecule has 1 aromatic rings. The molecule has 1 heterocycles. The van der Waals surface area contributed by atoms with Gasteiger partial charge in [0.25, 0.3) is 0 Å². The van der Waals surface area contributed by atoms with Crippen molar-refractivity contribution in [2.45, 2.75) is 63.5 Å². The first-order chi connectivity index (χ1) is 10.2. The van der Waals surface area contributed by atoms with Crippen molar-refractivity contribution < 1.29 is 4.74 Å². The van der Waals surface area contributed by atoms with Gasteiger partial charge < -0.3 is 10.5 Å². The van der Waals surface area contributed by atoms with E-state index in [0.29, 0.717) is 5.82 Å².